The fourth-order valence-electron chi connectivity index (χ4n) is 1.77. The Bertz CT molecular complexity index is 663. The molecule has 0 saturated heterocycles. The summed E-state index contributed by atoms with van der Waals surface area (Å²) in [6.45, 7) is 2.06. The minimum absolute atomic E-state index is 0.296. The summed E-state index contributed by atoms with van der Waals surface area (Å²) in [7, 11) is 0. The first kappa shape index (κ1) is 15.6. The van der Waals surface area contributed by atoms with Gasteiger partial charge in [-0.1, -0.05) is 36.4 Å². The zero-order valence-corrected chi connectivity index (χ0v) is 13.7. The topological polar surface area (TPSA) is 46.5 Å². The second kappa shape index (κ2) is 7.26. The molecule has 2 rings (SSSR count). The molecule has 0 aliphatic heterocycles. The van der Waals surface area contributed by atoms with Crippen LogP contribution in [-0.2, 0) is 11.4 Å². The van der Waals surface area contributed by atoms with Crippen molar-refractivity contribution < 1.29 is 14.6 Å². The summed E-state index contributed by atoms with van der Waals surface area (Å²) in [6, 6.07) is 15.6. The smallest absolute Gasteiger partial charge is 0.331 e. The van der Waals surface area contributed by atoms with Crippen molar-refractivity contribution in [3.05, 3.63) is 68.8 Å². The van der Waals surface area contributed by atoms with Gasteiger partial charge in [-0.2, -0.15) is 0 Å². The number of benzene rings is 2. The lowest BCUT2D eigenvalue weighted by molar-refractivity contribution is -0.132. The number of hydrogen-bond donors (Lipinski definition) is 1. The van der Waals surface area contributed by atoms with E-state index >= 15 is 0 Å². The predicted molar refractivity (Wildman–Crippen MR) is 91.2 cm³/mol. The zero-order valence-electron chi connectivity index (χ0n) is 11.5. The molecule has 0 aliphatic carbocycles. The highest BCUT2D eigenvalue weighted by atomic mass is 127. The Hall–Kier alpha value is -1.82. The van der Waals surface area contributed by atoms with Gasteiger partial charge in [-0.05, 0) is 58.9 Å². The van der Waals surface area contributed by atoms with Gasteiger partial charge in [-0.3, -0.25) is 0 Å². The molecule has 0 aliphatic rings. The first-order chi connectivity index (χ1) is 10.1. The monoisotopic (exact) mass is 394 g/mol. The van der Waals surface area contributed by atoms with Crippen LogP contribution in [0.3, 0.4) is 0 Å². The van der Waals surface area contributed by atoms with Crippen LogP contribution in [0.5, 0.6) is 5.75 Å². The molecular formula is C17H15IO3. The molecule has 108 valence electrons. The van der Waals surface area contributed by atoms with E-state index in [0.717, 1.165) is 20.4 Å². The minimum atomic E-state index is -0.916. The number of carboxylic acid groups (broad SMARTS) is 1. The van der Waals surface area contributed by atoms with Gasteiger partial charge >= 0.3 is 5.97 Å². The third-order valence-corrected chi connectivity index (χ3v) is 3.80. The van der Waals surface area contributed by atoms with Gasteiger partial charge in [0.05, 0.1) is 3.57 Å². The Morgan fingerprint density at radius 3 is 2.62 bits per heavy atom. The maximum atomic E-state index is 10.9. The van der Waals surface area contributed by atoms with E-state index in [2.05, 4.69) is 22.6 Å². The SMILES string of the molecule is C/C(=C\c1ccc(I)c(OCc2ccccc2)c1)C(=O)O. The van der Waals surface area contributed by atoms with Crippen molar-refractivity contribution in [1.29, 1.82) is 0 Å². The van der Waals surface area contributed by atoms with E-state index in [4.69, 9.17) is 9.84 Å². The van der Waals surface area contributed by atoms with E-state index in [0.29, 0.717) is 12.2 Å². The van der Waals surface area contributed by atoms with E-state index in [1.54, 1.807) is 13.0 Å². The molecule has 0 bridgehead atoms. The van der Waals surface area contributed by atoms with E-state index in [1.165, 1.54) is 0 Å². The predicted octanol–water partition coefficient (Wildman–Crippen LogP) is 4.36. The molecule has 0 fully saturated rings. The zero-order chi connectivity index (χ0) is 15.2. The van der Waals surface area contributed by atoms with Gasteiger partial charge in [-0.25, -0.2) is 4.79 Å². The number of aliphatic carboxylic acids is 1. The minimum Gasteiger partial charge on any atom is -0.488 e. The number of halogens is 1. The first-order valence-electron chi connectivity index (χ1n) is 6.44. The van der Waals surface area contributed by atoms with Crippen LogP contribution in [0.1, 0.15) is 18.1 Å². The molecule has 0 atom stereocenters. The normalized spacial score (nSPS) is 11.2. The Labute approximate surface area is 137 Å². The number of carboxylic acids is 1. The fourth-order valence-corrected chi connectivity index (χ4v) is 2.26. The molecule has 0 unspecified atom stereocenters. The van der Waals surface area contributed by atoms with Crippen LogP contribution in [0.2, 0.25) is 0 Å². The van der Waals surface area contributed by atoms with Crippen molar-refractivity contribution in [2.75, 3.05) is 0 Å². The average molecular weight is 394 g/mol. The van der Waals surface area contributed by atoms with Crippen molar-refractivity contribution in [1.82, 2.24) is 0 Å². The molecule has 4 heteroatoms. The maximum absolute atomic E-state index is 10.9. The third kappa shape index (κ3) is 4.60. The molecule has 0 spiro atoms. The fraction of sp³-hybridized carbons (Fsp3) is 0.118. The second-order valence-electron chi connectivity index (χ2n) is 4.60. The summed E-state index contributed by atoms with van der Waals surface area (Å²) in [5.74, 6) is -0.160. The lowest BCUT2D eigenvalue weighted by Crippen LogP contribution is -1.98. The standard InChI is InChI=1S/C17H15IO3/c1-12(17(19)20)9-14-7-8-15(18)16(10-14)21-11-13-5-3-2-4-6-13/h2-10H,11H2,1H3,(H,19,20)/b12-9+. The molecule has 2 aromatic carbocycles. The number of ether oxygens (including phenoxy) is 1. The van der Waals surface area contributed by atoms with Gasteiger partial charge in [0.2, 0.25) is 0 Å². The van der Waals surface area contributed by atoms with Crippen LogP contribution in [0.4, 0.5) is 0 Å². The molecule has 2 aromatic rings. The van der Waals surface area contributed by atoms with Crippen molar-refractivity contribution in [3.8, 4) is 5.75 Å². The molecular weight excluding hydrogens is 379 g/mol. The average Bonchev–Trinajstić information content (AvgIpc) is 2.48. The number of carbonyl (C=O) groups is 1. The molecule has 0 amide bonds. The molecule has 0 heterocycles. The summed E-state index contributed by atoms with van der Waals surface area (Å²) in [5, 5.41) is 8.92. The van der Waals surface area contributed by atoms with E-state index in [9.17, 15) is 4.79 Å². The molecule has 21 heavy (non-hydrogen) atoms. The van der Waals surface area contributed by atoms with E-state index in [1.807, 2.05) is 48.5 Å². The highest BCUT2D eigenvalue weighted by Crippen LogP contribution is 2.24. The summed E-state index contributed by atoms with van der Waals surface area (Å²) in [6.07, 6.45) is 1.63. The highest BCUT2D eigenvalue weighted by Gasteiger charge is 2.05. The molecule has 0 radical (unpaired) electrons. The van der Waals surface area contributed by atoms with Crippen molar-refractivity contribution in [2.45, 2.75) is 13.5 Å². The van der Waals surface area contributed by atoms with Gasteiger partial charge in [0, 0.05) is 5.57 Å². The Morgan fingerprint density at radius 1 is 1.24 bits per heavy atom. The quantitative estimate of drug-likeness (QED) is 0.606. The van der Waals surface area contributed by atoms with Gasteiger partial charge in [0.25, 0.3) is 0 Å². The van der Waals surface area contributed by atoms with E-state index < -0.39 is 5.97 Å². The number of rotatable bonds is 5. The van der Waals surface area contributed by atoms with Gasteiger partial charge in [-0.15, -0.1) is 0 Å². The second-order valence-corrected chi connectivity index (χ2v) is 5.76. The summed E-state index contributed by atoms with van der Waals surface area (Å²) in [4.78, 5) is 10.9. The van der Waals surface area contributed by atoms with Crippen LogP contribution in [0.15, 0.2) is 54.1 Å². The summed E-state index contributed by atoms with van der Waals surface area (Å²) >= 11 is 2.20. The lowest BCUT2D eigenvalue weighted by Gasteiger charge is -2.09. The Kier molecular flexibility index (Phi) is 5.38. The Balaban J connectivity index is 2.16. The van der Waals surface area contributed by atoms with Crippen molar-refractivity contribution in [2.24, 2.45) is 0 Å². The molecule has 3 nitrogen and oxygen atoms in total. The largest absolute Gasteiger partial charge is 0.488 e. The lowest BCUT2D eigenvalue weighted by atomic mass is 10.1. The van der Waals surface area contributed by atoms with Gasteiger partial charge in [0.1, 0.15) is 12.4 Å². The van der Waals surface area contributed by atoms with Gasteiger partial charge < -0.3 is 9.84 Å². The van der Waals surface area contributed by atoms with Crippen molar-refractivity contribution >= 4 is 34.6 Å². The third-order valence-electron chi connectivity index (χ3n) is 2.91. The van der Waals surface area contributed by atoms with Crippen LogP contribution in [0.25, 0.3) is 6.08 Å². The Morgan fingerprint density at radius 2 is 1.95 bits per heavy atom. The van der Waals surface area contributed by atoms with Crippen LogP contribution >= 0.6 is 22.6 Å². The summed E-state index contributed by atoms with van der Waals surface area (Å²) < 4.78 is 6.82. The highest BCUT2D eigenvalue weighted by molar-refractivity contribution is 14.1. The van der Waals surface area contributed by atoms with Crippen LogP contribution < -0.4 is 4.74 Å². The van der Waals surface area contributed by atoms with Crippen molar-refractivity contribution in [3.63, 3.8) is 0 Å². The first-order valence-corrected chi connectivity index (χ1v) is 7.52. The van der Waals surface area contributed by atoms with Crippen LogP contribution in [-0.4, -0.2) is 11.1 Å². The number of hydrogen-bond acceptors (Lipinski definition) is 2. The maximum Gasteiger partial charge on any atom is 0.331 e. The molecule has 0 aromatic heterocycles. The van der Waals surface area contributed by atoms with E-state index in [-0.39, 0.29) is 0 Å². The van der Waals surface area contributed by atoms with Gasteiger partial charge in [0.15, 0.2) is 0 Å². The molecule has 0 saturated carbocycles. The van der Waals surface area contributed by atoms with Crippen LogP contribution in [0, 0.1) is 3.57 Å². The molecule has 1 N–H and O–H groups in total. The summed E-state index contributed by atoms with van der Waals surface area (Å²) in [5.41, 5.74) is 2.21.